The molecule has 2 aromatic rings. The fraction of sp³-hybridized carbons (Fsp3) is 0.357. The second-order valence-electron chi connectivity index (χ2n) is 4.43. The van der Waals surface area contributed by atoms with Crippen molar-refractivity contribution in [2.24, 2.45) is 5.73 Å². The van der Waals surface area contributed by atoms with Crippen LogP contribution in [-0.4, -0.2) is 9.78 Å². The second kappa shape index (κ2) is 4.72. The number of hydrogen-bond donors (Lipinski definition) is 1. The molecule has 90 valence electrons. The molecule has 0 aliphatic carbocycles. The Kier molecular flexibility index (Phi) is 3.29. The lowest BCUT2D eigenvalue weighted by Crippen LogP contribution is -2.05. The van der Waals surface area contributed by atoms with Crippen LogP contribution in [0.5, 0.6) is 0 Å². The van der Waals surface area contributed by atoms with Crippen LogP contribution in [0.3, 0.4) is 0 Å². The smallest absolute Gasteiger partial charge is 0.0654 e. The van der Waals surface area contributed by atoms with Crippen molar-refractivity contribution in [3.8, 4) is 5.69 Å². The highest BCUT2D eigenvalue weighted by Crippen LogP contribution is 2.18. The summed E-state index contributed by atoms with van der Waals surface area (Å²) in [5.41, 5.74) is 11.7. The minimum atomic E-state index is 0.550. The molecule has 0 aliphatic heterocycles. The minimum Gasteiger partial charge on any atom is -0.326 e. The van der Waals surface area contributed by atoms with Gasteiger partial charge in [-0.05, 0) is 43.5 Å². The Hall–Kier alpha value is -1.61. The van der Waals surface area contributed by atoms with Crippen molar-refractivity contribution in [3.63, 3.8) is 0 Å². The predicted octanol–water partition coefficient (Wildman–Crippen LogP) is 2.51. The summed E-state index contributed by atoms with van der Waals surface area (Å²) >= 11 is 0. The van der Waals surface area contributed by atoms with Gasteiger partial charge in [-0.1, -0.05) is 13.0 Å². The molecule has 17 heavy (non-hydrogen) atoms. The molecule has 0 spiro atoms. The van der Waals surface area contributed by atoms with E-state index >= 15 is 0 Å². The van der Waals surface area contributed by atoms with E-state index in [-0.39, 0.29) is 0 Å². The van der Waals surface area contributed by atoms with Crippen LogP contribution in [-0.2, 0) is 13.0 Å². The van der Waals surface area contributed by atoms with E-state index in [4.69, 9.17) is 5.73 Å². The van der Waals surface area contributed by atoms with Crippen molar-refractivity contribution in [2.45, 2.75) is 33.7 Å². The zero-order chi connectivity index (χ0) is 12.4. The molecule has 1 aromatic carbocycles. The monoisotopic (exact) mass is 229 g/mol. The third-order valence-corrected chi connectivity index (χ3v) is 2.96. The maximum atomic E-state index is 5.72. The maximum absolute atomic E-state index is 5.72. The van der Waals surface area contributed by atoms with Crippen LogP contribution >= 0.6 is 0 Å². The van der Waals surface area contributed by atoms with Gasteiger partial charge in [0.1, 0.15) is 0 Å². The molecule has 1 heterocycles. The number of rotatable bonds is 3. The van der Waals surface area contributed by atoms with Crippen molar-refractivity contribution in [2.75, 3.05) is 0 Å². The van der Waals surface area contributed by atoms with E-state index in [0.29, 0.717) is 6.54 Å². The standard InChI is InChI=1S/C14H19N3/c1-4-14-12(8-15)9-16-17(14)13-6-10(2)5-11(3)7-13/h5-7,9H,4,8,15H2,1-3H3. The molecule has 2 rings (SSSR count). The molecular formula is C14H19N3. The summed E-state index contributed by atoms with van der Waals surface area (Å²) in [7, 11) is 0. The number of nitrogens with two attached hydrogens (primary N) is 1. The highest BCUT2D eigenvalue weighted by atomic mass is 15.3. The van der Waals surface area contributed by atoms with Gasteiger partial charge in [-0.15, -0.1) is 0 Å². The first-order valence-electron chi connectivity index (χ1n) is 6.00. The first-order chi connectivity index (χ1) is 8.15. The SMILES string of the molecule is CCc1c(CN)cnn1-c1cc(C)cc(C)c1. The normalized spacial score (nSPS) is 10.8. The largest absolute Gasteiger partial charge is 0.326 e. The molecule has 3 heteroatoms. The van der Waals surface area contributed by atoms with Gasteiger partial charge in [0, 0.05) is 17.8 Å². The van der Waals surface area contributed by atoms with Crippen molar-refractivity contribution in [3.05, 3.63) is 46.8 Å². The summed E-state index contributed by atoms with van der Waals surface area (Å²) in [6.45, 7) is 6.90. The molecule has 3 nitrogen and oxygen atoms in total. The molecule has 0 fully saturated rings. The van der Waals surface area contributed by atoms with Crippen LogP contribution in [0.4, 0.5) is 0 Å². The Labute approximate surface area is 102 Å². The summed E-state index contributed by atoms with van der Waals surface area (Å²) in [6, 6.07) is 6.47. The third kappa shape index (κ3) is 2.24. The molecule has 0 amide bonds. The van der Waals surface area contributed by atoms with Crippen LogP contribution in [0.1, 0.15) is 29.3 Å². The van der Waals surface area contributed by atoms with Crippen molar-refractivity contribution < 1.29 is 0 Å². The number of aryl methyl sites for hydroxylation is 2. The fourth-order valence-electron chi connectivity index (χ4n) is 2.25. The van der Waals surface area contributed by atoms with E-state index in [1.54, 1.807) is 0 Å². The lowest BCUT2D eigenvalue weighted by atomic mass is 10.1. The fourth-order valence-corrected chi connectivity index (χ4v) is 2.25. The highest BCUT2D eigenvalue weighted by molar-refractivity contribution is 5.41. The second-order valence-corrected chi connectivity index (χ2v) is 4.43. The minimum absolute atomic E-state index is 0.550. The van der Waals surface area contributed by atoms with E-state index in [0.717, 1.165) is 17.7 Å². The third-order valence-electron chi connectivity index (χ3n) is 2.96. The van der Waals surface area contributed by atoms with Gasteiger partial charge in [0.15, 0.2) is 0 Å². The molecule has 0 saturated carbocycles. The Bertz CT molecular complexity index is 506. The summed E-state index contributed by atoms with van der Waals surface area (Å²) in [5.74, 6) is 0. The molecule has 2 N–H and O–H groups in total. The van der Waals surface area contributed by atoms with E-state index in [1.807, 2.05) is 10.9 Å². The van der Waals surface area contributed by atoms with Gasteiger partial charge in [0.2, 0.25) is 0 Å². The lowest BCUT2D eigenvalue weighted by molar-refractivity contribution is 0.806. The maximum Gasteiger partial charge on any atom is 0.0654 e. The van der Waals surface area contributed by atoms with Crippen LogP contribution in [0.15, 0.2) is 24.4 Å². The first-order valence-corrected chi connectivity index (χ1v) is 6.00. The molecule has 1 aromatic heterocycles. The molecule has 0 aliphatic rings. The summed E-state index contributed by atoms with van der Waals surface area (Å²) in [6.07, 6.45) is 2.82. The van der Waals surface area contributed by atoms with E-state index in [1.165, 1.54) is 16.8 Å². The van der Waals surface area contributed by atoms with Crippen LogP contribution in [0.25, 0.3) is 5.69 Å². The van der Waals surface area contributed by atoms with Gasteiger partial charge in [-0.2, -0.15) is 5.10 Å². The number of nitrogens with zero attached hydrogens (tertiary/aromatic N) is 2. The summed E-state index contributed by atoms with van der Waals surface area (Å²) in [4.78, 5) is 0. The Morgan fingerprint density at radius 1 is 1.18 bits per heavy atom. The van der Waals surface area contributed by atoms with E-state index in [9.17, 15) is 0 Å². The van der Waals surface area contributed by atoms with Gasteiger partial charge in [-0.25, -0.2) is 4.68 Å². The predicted molar refractivity (Wildman–Crippen MR) is 70.3 cm³/mol. The number of benzene rings is 1. The average molecular weight is 229 g/mol. The van der Waals surface area contributed by atoms with Crippen molar-refractivity contribution >= 4 is 0 Å². The van der Waals surface area contributed by atoms with Crippen molar-refractivity contribution in [1.82, 2.24) is 9.78 Å². The average Bonchev–Trinajstić information content (AvgIpc) is 2.70. The molecule has 0 unspecified atom stereocenters. The molecular weight excluding hydrogens is 210 g/mol. The van der Waals surface area contributed by atoms with Gasteiger partial charge in [-0.3, -0.25) is 0 Å². The Morgan fingerprint density at radius 3 is 2.35 bits per heavy atom. The molecule has 0 bridgehead atoms. The highest BCUT2D eigenvalue weighted by Gasteiger charge is 2.09. The zero-order valence-electron chi connectivity index (χ0n) is 10.7. The van der Waals surface area contributed by atoms with E-state index in [2.05, 4.69) is 44.1 Å². The summed E-state index contributed by atoms with van der Waals surface area (Å²) in [5, 5.41) is 4.45. The summed E-state index contributed by atoms with van der Waals surface area (Å²) < 4.78 is 2.00. The molecule has 0 saturated heterocycles. The number of aromatic nitrogens is 2. The molecule has 0 atom stereocenters. The van der Waals surface area contributed by atoms with Gasteiger partial charge < -0.3 is 5.73 Å². The quantitative estimate of drug-likeness (QED) is 0.878. The number of hydrogen-bond acceptors (Lipinski definition) is 2. The van der Waals surface area contributed by atoms with Crippen molar-refractivity contribution in [1.29, 1.82) is 0 Å². The Balaban J connectivity index is 2.55. The lowest BCUT2D eigenvalue weighted by Gasteiger charge is -2.09. The van der Waals surface area contributed by atoms with Gasteiger partial charge in [0.05, 0.1) is 11.9 Å². The molecule has 0 radical (unpaired) electrons. The van der Waals surface area contributed by atoms with Gasteiger partial charge in [0.25, 0.3) is 0 Å². The van der Waals surface area contributed by atoms with E-state index < -0.39 is 0 Å². The first kappa shape index (κ1) is 11.9. The Morgan fingerprint density at radius 2 is 1.82 bits per heavy atom. The topological polar surface area (TPSA) is 43.8 Å². The van der Waals surface area contributed by atoms with Crippen LogP contribution in [0.2, 0.25) is 0 Å². The zero-order valence-corrected chi connectivity index (χ0v) is 10.7. The van der Waals surface area contributed by atoms with Crippen LogP contribution in [0, 0.1) is 13.8 Å². The van der Waals surface area contributed by atoms with Gasteiger partial charge >= 0.3 is 0 Å². The van der Waals surface area contributed by atoms with Crippen LogP contribution < -0.4 is 5.73 Å².